The Hall–Kier alpha value is -4.91. The quantitative estimate of drug-likeness (QED) is 0.0709. The maximum absolute atomic E-state index is 12.9. The molecular formula is C32H42N8O14. The number of amides is 2. The molecule has 2 aromatic heterocycles. The van der Waals surface area contributed by atoms with Crippen molar-refractivity contribution in [3.63, 3.8) is 0 Å². The Balaban J connectivity index is 1.08. The molecule has 3 aromatic rings. The highest BCUT2D eigenvalue weighted by molar-refractivity contribution is 5.97. The summed E-state index contributed by atoms with van der Waals surface area (Å²) in [5.41, 5.74) is 6.28. The van der Waals surface area contributed by atoms with Crippen LogP contribution in [0.15, 0.2) is 35.3 Å². The Bertz CT molecular complexity index is 1830. The van der Waals surface area contributed by atoms with Crippen molar-refractivity contribution in [2.24, 2.45) is 0 Å². The van der Waals surface area contributed by atoms with Crippen molar-refractivity contribution in [1.82, 2.24) is 30.6 Å². The van der Waals surface area contributed by atoms with Gasteiger partial charge in [0.25, 0.3) is 11.5 Å². The highest BCUT2D eigenvalue weighted by atomic mass is 16.7. The number of hydrogen-bond donors (Lipinski definition) is 11. The van der Waals surface area contributed by atoms with E-state index in [1.54, 1.807) is 12.1 Å². The molecule has 0 aliphatic carbocycles. The number of nitrogens with one attached hydrogen (secondary N) is 4. The number of aliphatic carboxylic acids is 1. The van der Waals surface area contributed by atoms with Crippen molar-refractivity contribution in [2.45, 2.75) is 87.2 Å². The van der Waals surface area contributed by atoms with Crippen LogP contribution in [0.2, 0.25) is 0 Å². The second-order valence-corrected chi connectivity index (χ2v) is 12.6. The van der Waals surface area contributed by atoms with Crippen molar-refractivity contribution in [3.8, 4) is 0 Å². The second kappa shape index (κ2) is 17.9. The number of rotatable bonds is 15. The van der Waals surface area contributed by atoms with Gasteiger partial charge in [0.2, 0.25) is 11.9 Å². The summed E-state index contributed by atoms with van der Waals surface area (Å²) in [5.74, 6) is -2.74. The van der Waals surface area contributed by atoms with E-state index in [0.29, 0.717) is 11.4 Å². The van der Waals surface area contributed by atoms with Gasteiger partial charge in [0.1, 0.15) is 36.6 Å². The van der Waals surface area contributed by atoms with Crippen LogP contribution in [0.4, 0.5) is 11.6 Å². The molecule has 0 radical (unpaired) electrons. The Morgan fingerprint density at radius 2 is 1.80 bits per heavy atom. The van der Waals surface area contributed by atoms with Crippen LogP contribution in [0.1, 0.15) is 35.3 Å². The van der Waals surface area contributed by atoms with Gasteiger partial charge >= 0.3 is 5.97 Å². The molecule has 2 aliphatic heterocycles. The smallest absolute Gasteiger partial charge is 0.326 e. The van der Waals surface area contributed by atoms with Crippen LogP contribution in [0.5, 0.6) is 0 Å². The van der Waals surface area contributed by atoms with Gasteiger partial charge in [0, 0.05) is 37.7 Å². The number of nitrogens with two attached hydrogens (primary N) is 1. The number of hydrogen-bond acceptors (Lipinski definition) is 18. The van der Waals surface area contributed by atoms with Crippen LogP contribution in [-0.4, -0.2) is 150 Å². The number of aromatic amines is 1. The molecule has 22 heteroatoms. The van der Waals surface area contributed by atoms with Crippen LogP contribution in [0.25, 0.3) is 11.2 Å². The van der Waals surface area contributed by atoms with Gasteiger partial charge in [0.15, 0.2) is 23.7 Å². The van der Waals surface area contributed by atoms with Crippen LogP contribution in [-0.2, 0) is 35.1 Å². The fourth-order valence-corrected chi connectivity index (χ4v) is 5.81. The normalized spacial score (nSPS) is 27.6. The van der Waals surface area contributed by atoms with Crippen molar-refractivity contribution < 1.29 is 64.0 Å². The minimum absolute atomic E-state index is 0.0226. The van der Waals surface area contributed by atoms with Gasteiger partial charge in [-0.25, -0.2) is 14.8 Å². The average Bonchev–Trinajstić information content (AvgIpc) is 3.15. The number of anilines is 2. The molecule has 2 saturated heterocycles. The van der Waals surface area contributed by atoms with Gasteiger partial charge < -0.3 is 71.3 Å². The molecule has 0 saturated carbocycles. The number of aromatic nitrogens is 4. The molecule has 1 aromatic carbocycles. The largest absolute Gasteiger partial charge is 0.480 e. The molecule has 294 valence electrons. The summed E-state index contributed by atoms with van der Waals surface area (Å²) in [7, 11) is 1.23. The lowest BCUT2D eigenvalue weighted by molar-refractivity contribution is -0.346. The Morgan fingerprint density at radius 3 is 2.48 bits per heavy atom. The molecule has 12 N–H and O–H groups in total. The fourth-order valence-electron chi connectivity index (χ4n) is 5.81. The first-order chi connectivity index (χ1) is 25.8. The average molecular weight is 763 g/mol. The molecule has 10 atom stereocenters. The molecule has 2 fully saturated rings. The SMILES string of the molecule is CO[C@@H]1OC(CO)[C@H](O[C@@H]2OC(CNC(=O)CCC(NC(=O)c3ccc(NCc4cnc5nc(N)[nH]c(=O)c5n4)cc3)C(=O)O)C[C@H](O)C2O)[C@H](O)C1O. The van der Waals surface area contributed by atoms with Gasteiger partial charge in [-0.05, 0) is 30.7 Å². The lowest BCUT2D eigenvalue weighted by atomic mass is 9.98. The van der Waals surface area contributed by atoms with Crippen molar-refractivity contribution in [3.05, 3.63) is 52.1 Å². The minimum atomic E-state index is -1.62. The molecule has 4 heterocycles. The van der Waals surface area contributed by atoms with E-state index in [4.69, 9.17) is 24.7 Å². The summed E-state index contributed by atoms with van der Waals surface area (Å²) < 4.78 is 21.7. The second-order valence-electron chi connectivity index (χ2n) is 12.6. The summed E-state index contributed by atoms with van der Waals surface area (Å²) in [6.07, 6.45) is -11.7. The molecule has 5 unspecified atom stereocenters. The first-order valence-electron chi connectivity index (χ1n) is 16.8. The summed E-state index contributed by atoms with van der Waals surface area (Å²) >= 11 is 0. The third-order valence-corrected chi connectivity index (χ3v) is 8.75. The lowest BCUT2D eigenvalue weighted by Crippen LogP contribution is -2.62. The number of ether oxygens (including phenoxy) is 4. The number of methoxy groups -OCH3 is 1. The van der Waals surface area contributed by atoms with E-state index >= 15 is 0 Å². The molecule has 5 rings (SSSR count). The molecule has 2 amide bonds. The number of benzene rings is 1. The van der Waals surface area contributed by atoms with Crippen molar-refractivity contribution in [1.29, 1.82) is 0 Å². The maximum Gasteiger partial charge on any atom is 0.326 e. The van der Waals surface area contributed by atoms with Crippen LogP contribution < -0.4 is 27.2 Å². The van der Waals surface area contributed by atoms with Crippen LogP contribution in [0.3, 0.4) is 0 Å². The molecule has 22 nitrogen and oxygen atoms in total. The predicted octanol–water partition coefficient (Wildman–Crippen LogP) is -3.71. The molecule has 0 bridgehead atoms. The van der Waals surface area contributed by atoms with Gasteiger partial charge in [0.05, 0.1) is 37.3 Å². The minimum Gasteiger partial charge on any atom is -0.480 e. The number of fused-ring (bicyclic) bond motifs is 1. The van der Waals surface area contributed by atoms with E-state index in [1.807, 2.05) is 0 Å². The van der Waals surface area contributed by atoms with E-state index < -0.39 is 91.3 Å². The third-order valence-electron chi connectivity index (χ3n) is 8.75. The maximum atomic E-state index is 12.9. The lowest BCUT2D eigenvalue weighted by Gasteiger charge is -2.45. The monoisotopic (exact) mass is 762 g/mol. The predicted molar refractivity (Wildman–Crippen MR) is 182 cm³/mol. The van der Waals surface area contributed by atoms with Gasteiger partial charge in [-0.15, -0.1) is 0 Å². The zero-order valence-electron chi connectivity index (χ0n) is 28.8. The van der Waals surface area contributed by atoms with Gasteiger partial charge in [-0.1, -0.05) is 0 Å². The zero-order chi connectivity index (χ0) is 39.1. The summed E-state index contributed by atoms with van der Waals surface area (Å²) in [6.45, 7) is -0.658. The van der Waals surface area contributed by atoms with Gasteiger partial charge in [-0.3, -0.25) is 19.4 Å². The number of carboxylic acids is 1. The Kier molecular flexibility index (Phi) is 13.4. The molecule has 0 spiro atoms. The molecule has 54 heavy (non-hydrogen) atoms. The number of aliphatic hydroxyl groups is 5. The summed E-state index contributed by atoms with van der Waals surface area (Å²) in [5, 5.41) is 69.1. The first kappa shape index (κ1) is 40.3. The zero-order valence-corrected chi connectivity index (χ0v) is 28.8. The molecule has 2 aliphatic rings. The number of nitrogen functional groups attached to an aromatic ring is 1. The number of nitrogens with zero attached hydrogens (tertiary/aromatic N) is 3. The van der Waals surface area contributed by atoms with E-state index in [0.717, 1.165) is 0 Å². The third kappa shape index (κ3) is 9.79. The number of H-pyrrole nitrogens is 1. The van der Waals surface area contributed by atoms with Crippen LogP contribution in [0, 0.1) is 0 Å². The standard InChI is InChI=1S/C32H42N8O14/c1-51-30-24(46)23(45)25(19(12-41)53-30)54-31-22(44)18(42)8-16(52-31)11-35-20(43)7-6-17(29(49)50)38-27(47)13-2-4-14(5-3-13)34-9-15-10-36-26-21(37-15)28(48)40-32(33)39-26/h2-5,10,16-19,22-25,30-31,34,41-42,44-46H,6-9,11-12H2,1H3,(H,35,43)(H,38,47)(H,49,50)(H3,33,36,39,40,48)/t16?,17?,18-,19?,22?,23+,24?,25-,30+,31-/m0/s1. The van der Waals surface area contributed by atoms with Crippen molar-refractivity contribution >= 4 is 40.6 Å². The highest BCUT2D eigenvalue weighted by Crippen LogP contribution is 2.29. The number of carboxylic acid groups (broad SMARTS) is 1. The van der Waals surface area contributed by atoms with E-state index in [1.165, 1.54) is 25.4 Å². The summed E-state index contributed by atoms with van der Waals surface area (Å²) in [6, 6.07) is 4.67. The van der Waals surface area contributed by atoms with E-state index in [9.17, 15) is 49.8 Å². The Labute approximate surface area is 305 Å². The summed E-state index contributed by atoms with van der Waals surface area (Å²) in [4.78, 5) is 64.1. The number of carbonyl (C=O) groups excluding carboxylic acids is 2. The van der Waals surface area contributed by atoms with Crippen LogP contribution >= 0.6 is 0 Å². The molecular weight excluding hydrogens is 720 g/mol. The topological polar surface area (TPSA) is 343 Å². The van der Waals surface area contributed by atoms with E-state index in [-0.39, 0.29) is 55.0 Å². The fraction of sp³-hybridized carbons (Fsp3) is 0.531. The van der Waals surface area contributed by atoms with Gasteiger partial charge in [-0.2, -0.15) is 4.98 Å². The first-order valence-corrected chi connectivity index (χ1v) is 16.8. The van der Waals surface area contributed by atoms with Crippen molar-refractivity contribution in [2.75, 3.05) is 31.3 Å². The number of aliphatic hydroxyl groups excluding tert-OH is 5. The number of carbonyl (C=O) groups is 3. The highest BCUT2D eigenvalue weighted by Gasteiger charge is 2.48. The van der Waals surface area contributed by atoms with E-state index in [2.05, 4.69) is 35.9 Å². The Morgan fingerprint density at radius 1 is 1.06 bits per heavy atom.